The van der Waals surface area contributed by atoms with E-state index >= 15 is 0 Å². The van der Waals surface area contributed by atoms with Gasteiger partial charge in [-0.1, -0.05) is 0 Å². The first-order valence-corrected chi connectivity index (χ1v) is 3.97. The van der Waals surface area contributed by atoms with Crippen LogP contribution in [0.4, 0.5) is 0 Å². The molecule has 0 bridgehead atoms. The Balaban J connectivity index is -0.000000117. The zero-order valence-electron chi connectivity index (χ0n) is 7.66. The van der Waals surface area contributed by atoms with Crippen LogP contribution in [-0.2, 0) is 20.4 Å². The summed E-state index contributed by atoms with van der Waals surface area (Å²) in [6.07, 6.45) is 7.56. The van der Waals surface area contributed by atoms with E-state index in [2.05, 4.69) is 38.7 Å². The third-order valence-electron chi connectivity index (χ3n) is 0.771. The molecule has 0 radical (unpaired) electrons. The molecular formula is C8H14O3Ti. The summed E-state index contributed by atoms with van der Waals surface area (Å²) in [5, 5.41) is 24.8. The normalized spacial score (nSPS) is 10.8. The molecule has 68 valence electrons. The first-order chi connectivity index (χ1) is 5.89. The molecule has 4 heteroatoms. The number of hydrogen-bond donors (Lipinski definition) is 0. The molecule has 0 aromatic rings. The molecule has 0 unspecified atom stereocenters. The van der Waals surface area contributed by atoms with Gasteiger partial charge >= 0.3 is 49.0 Å². The Kier molecular flexibility index (Phi) is 33.7. The van der Waals surface area contributed by atoms with Gasteiger partial charge in [-0.3, -0.25) is 0 Å². The van der Waals surface area contributed by atoms with Crippen molar-refractivity contribution in [3.8, 4) is 0 Å². The Hall–Kier alpha value is 0.0743. The summed E-state index contributed by atoms with van der Waals surface area (Å²) >= 11 is 2.14. The van der Waals surface area contributed by atoms with Gasteiger partial charge in [0.1, 0.15) is 0 Å². The third-order valence-corrected chi connectivity index (χ3v) is 1.35. The summed E-state index contributed by atoms with van der Waals surface area (Å²) in [7, 11) is 2.25. The Morgan fingerprint density at radius 2 is 1.50 bits per heavy atom. The van der Waals surface area contributed by atoms with Crippen LogP contribution in [0.15, 0.2) is 22.1 Å². The van der Waals surface area contributed by atoms with Crippen LogP contribution >= 0.6 is 0 Å². The first-order valence-electron chi connectivity index (χ1n) is 3.19. The van der Waals surface area contributed by atoms with E-state index in [1.807, 2.05) is 0 Å². The maximum atomic E-state index is 8.25. The molecule has 0 aliphatic heterocycles. The van der Waals surface area contributed by atoms with E-state index in [0.29, 0.717) is 0 Å². The third kappa shape index (κ3) is 16.6. The number of allylic oxidation sites excluding steroid dienone is 4. The van der Waals surface area contributed by atoms with Gasteiger partial charge in [-0.05, 0) is 0 Å². The minimum absolute atomic E-state index is 0.750. The van der Waals surface area contributed by atoms with Crippen molar-refractivity contribution in [2.45, 2.75) is 6.42 Å². The standard InChI is InChI=1S/C5H5.3CH3O.Ti/c1-2-4-5-3-1;3*1-2;/h1-3H,4H2;3*1H3;/q;3*-1;+3. The molecular weight excluding hydrogens is 192 g/mol. The van der Waals surface area contributed by atoms with E-state index in [9.17, 15) is 0 Å². The van der Waals surface area contributed by atoms with Crippen LogP contribution in [0.5, 0.6) is 0 Å². The fourth-order valence-electron chi connectivity index (χ4n) is 0.447. The molecule has 3 nitrogen and oxygen atoms in total. The van der Waals surface area contributed by atoms with Crippen molar-refractivity contribution < 1.29 is 35.8 Å². The Morgan fingerprint density at radius 1 is 1.08 bits per heavy atom. The second-order valence-corrected chi connectivity index (χ2v) is 2.33. The molecule has 0 saturated heterocycles. The van der Waals surface area contributed by atoms with Gasteiger partial charge in [0.25, 0.3) is 0 Å². The van der Waals surface area contributed by atoms with Crippen molar-refractivity contribution in [3.05, 3.63) is 22.1 Å². The summed E-state index contributed by atoms with van der Waals surface area (Å²) in [4.78, 5) is 0. The molecule has 0 aromatic heterocycles. The Labute approximate surface area is 85.8 Å². The molecule has 1 rings (SSSR count). The predicted octanol–water partition coefficient (Wildman–Crippen LogP) is -1.69. The maximum absolute atomic E-state index is 8.25. The summed E-state index contributed by atoms with van der Waals surface area (Å²) in [5.41, 5.74) is 0. The van der Waals surface area contributed by atoms with Gasteiger partial charge in [0.2, 0.25) is 0 Å². The van der Waals surface area contributed by atoms with E-state index < -0.39 is 0 Å². The minimum atomic E-state index is 0.750. The zero-order valence-corrected chi connectivity index (χ0v) is 9.23. The van der Waals surface area contributed by atoms with E-state index in [1.54, 1.807) is 0 Å². The quantitative estimate of drug-likeness (QED) is 0.444. The second-order valence-electron chi connectivity index (χ2n) is 1.32. The summed E-state index contributed by atoms with van der Waals surface area (Å²) < 4.78 is 1.47. The summed E-state index contributed by atoms with van der Waals surface area (Å²) in [6, 6.07) is 0. The first kappa shape index (κ1) is 18.0. The van der Waals surface area contributed by atoms with Crippen LogP contribution < -0.4 is 15.3 Å². The fourth-order valence-corrected chi connectivity index (χ4v) is 0.782. The van der Waals surface area contributed by atoms with Gasteiger partial charge in [-0.15, -0.1) is 0 Å². The van der Waals surface area contributed by atoms with Gasteiger partial charge in [0.15, 0.2) is 0 Å². The van der Waals surface area contributed by atoms with Crippen molar-refractivity contribution in [1.82, 2.24) is 0 Å². The molecule has 0 amide bonds. The zero-order chi connectivity index (χ0) is 10.4. The SMILES string of the molecule is C[O-].C[O-].C[O-].[Ti+3][C]1=CC=CC1. The monoisotopic (exact) mass is 206 g/mol. The topological polar surface area (TPSA) is 69.2 Å². The molecule has 1 aliphatic rings. The van der Waals surface area contributed by atoms with Crippen LogP contribution in [0.2, 0.25) is 0 Å². The van der Waals surface area contributed by atoms with Crippen molar-refractivity contribution in [3.63, 3.8) is 0 Å². The molecule has 0 N–H and O–H groups in total. The van der Waals surface area contributed by atoms with Crippen molar-refractivity contribution in [2.75, 3.05) is 21.3 Å². The second kappa shape index (κ2) is 22.5. The molecule has 0 spiro atoms. The summed E-state index contributed by atoms with van der Waals surface area (Å²) in [6.45, 7) is 0. The number of hydrogen-bond acceptors (Lipinski definition) is 3. The van der Waals surface area contributed by atoms with E-state index in [1.165, 1.54) is 10.3 Å². The summed E-state index contributed by atoms with van der Waals surface area (Å²) in [5.74, 6) is 0. The van der Waals surface area contributed by atoms with Gasteiger partial charge < -0.3 is 15.3 Å². The molecule has 0 atom stereocenters. The van der Waals surface area contributed by atoms with Gasteiger partial charge in [-0.2, -0.15) is 21.3 Å². The van der Waals surface area contributed by atoms with Crippen molar-refractivity contribution >= 4 is 0 Å². The fraction of sp³-hybridized carbons (Fsp3) is 0.500. The van der Waals surface area contributed by atoms with Crippen LogP contribution in [0.1, 0.15) is 6.42 Å². The molecule has 1 aliphatic carbocycles. The Morgan fingerprint density at radius 3 is 1.58 bits per heavy atom. The molecule has 0 heterocycles. The molecule has 0 saturated carbocycles. The van der Waals surface area contributed by atoms with E-state index in [4.69, 9.17) is 15.3 Å². The van der Waals surface area contributed by atoms with Crippen molar-refractivity contribution in [1.29, 1.82) is 0 Å². The average Bonchev–Trinajstić information content (AvgIpc) is 2.66. The Bertz CT molecular complexity index is 111. The van der Waals surface area contributed by atoms with Gasteiger partial charge in [0, 0.05) is 0 Å². The van der Waals surface area contributed by atoms with Crippen LogP contribution in [-0.4, -0.2) is 21.3 Å². The van der Waals surface area contributed by atoms with Gasteiger partial charge in [-0.25, -0.2) is 0 Å². The van der Waals surface area contributed by atoms with Crippen LogP contribution in [0.25, 0.3) is 0 Å². The van der Waals surface area contributed by atoms with Crippen LogP contribution in [0.3, 0.4) is 0 Å². The van der Waals surface area contributed by atoms with Gasteiger partial charge in [0.05, 0.1) is 0 Å². The van der Waals surface area contributed by atoms with Crippen molar-refractivity contribution in [2.24, 2.45) is 0 Å². The van der Waals surface area contributed by atoms with E-state index in [-0.39, 0.29) is 0 Å². The van der Waals surface area contributed by atoms with Crippen LogP contribution in [0, 0.1) is 0 Å². The molecule has 0 fully saturated rings. The number of rotatable bonds is 0. The predicted molar refractivity (Wildman–Crippen MR) is 39.6 cm³/mol. The van der Waals surface area contributed by atoms with E-state index in [0.717, 1.165) is 21.3 Å². The molecule has 0 aromatic carbocycles. The average molecular weight is 206 g/mol. The molecule has 12 heavy (non-hydrogen) atoms.